The molecule has 2 aromatic carbocycles. The van der Waals surface area contributed by atoms with Crippen LogP contribution in [0, 0.1) is 0 Å². The van der Waals surface area contributed by atoms with Crippen molar-refractivity contribution in [2.24, 2.45) is 0 Å². The first-order valence-corrected chi connectivity index (χ1v) is 11.1. The van der Waals surface area contributed by atoms with Crippen LogP contribution in [0.15, 0.2) is 35.2 Å². The Balaban J connectivity index is 1.62. The number of aromatic nitrogens is 2. The van der Waals surface area contributed by atoms with Gasteiger partial charge in [0.1, 0.15) is 5.75 Å². The summed E-state index contributed by atoms with van der Waals surface area (Å²) in [7, 11) is -2.72. The molecule has 0 aliphatic heterocycles. The quantitative estimate of drug-likeness (QED) is 0.434. The zero-order valence-corrected chi connectivity index (χ0v) is 18.1. The number of methoxy groups -OCH3 is 1. The summed E-state index contributed by atoms with van der Waals surface area (Å²) in [4.78, 5) is -0.225. The molecule has 1 aliphatic rings. The highest BCUT2D eigenvalue weighted by Crippen LogP contribution is 2.46. The van der Waals surface area contributed by atoms with E-state index in [0.717, 1.165) is 0 Å². The number of hydrogen-bond acceptors (Lipinski definition) is 6. The number of sulfonamides is 1. The number of H-pyrrole nitrogens is 1. The van der Waals surface area contributed by atoms with Crippen molar-refractivity contribution in [1.29, 1.82) is 0 Å². The lowest BCUT2D eigenvalue weighted by Crippen LogP contribution is -2.62. The largest absolute Gasteiger partial charge is 0.495 e. The van der Waals surface area contributed by atoms with Crippen LogP contribution in [0.3, 0.4) is 0 Å². The number of ether oxygens (including phenoxy) is 1. The number of nitrogens with two attached hydrogens (primary N) is 1. The maximum absolute atomic E-state index is 12.8. The van der Waals surface area contributed by atoms with Gasteiger partial charge in [0.15, 0.2) is 11.4 Å². The van der Waals surface area contributed by atoms with Gasteiger partial charge >= 0.3 is 6.18 Å². The van der Waals surface area contributed by atoms with Crippen LogP contribution in [0.2, 0.25) is 5.02 Å². The molecule has 0 saturated heterocycles. The van der Waals surface area contributed by atoms with Crippen molar-refractivity contribution in [3.8, 4) is 16.9 Å². The molecule has 5 N–H and O–H groups in total. The van der Waals surface area contributed by atoms with Gasteiger partial charge in [0, 0.05) is 35.0 Å². The van der Waals surface area contributed by atoms with Crippen LogP contribution >= 0.6 is 11.6 Å². The van der Waals surface area contributed by atoms with Crippen molar-refractivity contribution in [1.82, 2.24) is 14.9 Å². The molecule has 3 aromatic rings. The zero-order valence-electron chi connectivity index (χ0n) is 16.5. The summed E-state index contributed by atoms with van der Waals surface area (Å²) in [5, 5.41) is 16.8. The minimum absolute atomic E-state index is 0.0768. The standard InChI is InChI=1S/C19H18ClF3N4O4S/c1-31-16-12(4-5-14-15(16)17(24)26-25-14)11-3-2-10(6-13(11)20)32(29,30)27-9-7-18(28,8-9)19(21,22)23/h2-6,9,27-28H,7-8H2,1H3,(H3,24,25,26)/t9-,18+. The number of benzene rings is 2. The molecule has 13 heteroatoms. The Labute approximate surface area is 185 Å². The van der Waals surface area contributed by atoms with Gasteiger partial charge < -0.3 is 15.6 Å². The van der Waals surface area contributed by atoms with Gasteiger partial charge in [-0.1, -0.05) is 17.7 Å². The van der Waals surface area contributed by atoms with Gasteiger partial charge in [-0.05, 0) is 24.3 Å². The van der Waals surface area contributed by atoms with Crippen molar-refractivity contribution in [2.45, 2.75) is 35.6 Å². The van der Waals surface area contributed by atoms with E-state index >= 15 is 0 Å². The number of hydrogen-bond donors (Lipinski definition) is 4. The Morgan fingerprint density at radius 1 is 1.28 bits per heavy atom. The number of aliphatic hydroxyl groups is 1. The van der Waals surface area contributed by atoms with E-state index in [2.05, 4.69) is 14.9 Å². The second-order valence-corrected chi connectivity index (χ2v) is 9.70. The van der Waals surface area contributed by atoms with Crippen LogP contribution in [0.1, 0.15) is 12.8 Å². The molecule has 0 bridgehead atoms. The summed E-state index contributed by atoms with van der Waals surface area (Å²) < 4.78 is 71.2. The van der Waals surface area contributed by atoms with E-state index in [1.807, 2.05) is 0 Å². The topological polar surface area (TPSA) is 130 Å². The van der Waals surface area contributed by atoms with Crippen molar-refractivity contribution < 1.29 is 31.4 Å². The highest BCUT2D eigenvalue weighted by atomic mass is 35.5. The highest BCUT2D eigenvalue weighted by molar-refractivity contribution is 7.89. The van der Waals surface area contributed by atoms with Crippen molar-refractivity contribution in [3.05, 3.63) is 35.4 Å². The van der Waals surface area contributed by atoms with E-state index in [0.29, 0.717) is 27.8 Å². The molecular formula is C19H18ClF3N4O4S. The monoisotopic (exact) mass is 490 g/mol. The first-order chi connectivity index (χ1) is 14.9. The second-order valence-electron chi connectivity index (χ2n) is 7.58. The number of fused-ring (bicyclic) bond motifs is 1. The molecule has 0 radical (unpaired) electrons. The first-order valence-electron chi connectivity index (χ1n) is 9.28. The first kappa shape index (κ1) is 22.6. The molecular weight excluding hydrogens is 473 g/mol. The summed E-state index contributed by atoms with van der Waals surface area (Å²) >= 11 is 6.36. The Morgan fingerprint density at radius 2 is 1.94 bits per heavy atom. The lowest BCUT2D eigenvalue weighted by Gasteiger charge is -2.44. The summed E-state index contributed by atoms with van der Waals surface area (Å²) in [5.74, 6) is 0.614. The number of nitrogens with zero attached hydrogens (tertiary/aromatic N) is 1. The van der Waals surface area contributed by atoms with Crippen LogP contribution < -0.4 is 15.2 Å². The van der Waals surface area contributed by atoms with E-state index in [1.54, 1.807) is 12.1 Å². The van der Waals surface area contributed by atoms with Gasteiger partial charge in [0.2, 0.25) is 10.0 Å². The Kier molecular flexibility index (Phi) is 5.31. The third kappa shape index (κ3) is 3.66. The van der Waals surface area contributed by atoms with Crippen molar-refractivity contribution >= 4 is 38.3 Å². The minimum Gasteiger partial charge on any atom is -0.495 e. The molecule has 1 fully saturated rings. The Bertz CT molecular complexity index is 1300. The molecule has 172 valence electrons. The van der Waals surface area contributed by atoms with Gasteiger partial charge in [-0.2, -0.15) is 18.3 Å². The van der Waals surface area contributed by atoms with Gasteiger partial charge in [0.25, 0.3) is 0 Å². The Morgan fingerprint density at radius 3 is 2.53 bits per heavy atom. The molecule has 1 saturated carbocycles. The smallest absolute Gasteiger partial charge is 0.417 e. The van der Waals surface area contributed by atoms with E-state index in [1.165, 1.54) is 25.3 Å². The SMILES string of the molecule is COc1c(-c2ccc(S(=O)(=O)N[C@H]3C[C@](O)(C(F)(F)F)C3)cc2Cl)ccc2[nH]nc(N)c12. The van der Waals surface area contributed by atoms with Crippen LogP contribution in [0.5, 0.6) is 5.75 Å². The summed E-state index contributed by atoms with van der Waals surface area (Å²) in [6, 6.07) is 6.31. The molecule has 0 spiro atoms. The van der Waals surface area contributed by atoms with Gasteiger partial charge in [-0.3, -0.25) is 5.10 Å². The van der Waals surface area contributed by atoms with E-state index < -0.39 is 40.7 Å². The summed E-state index contributed by atoms with van der Waals surface area (Å²) in [6.07, 6.45) is -6.34. The van der Waals surface area contributed by atoms with E-state index in [4.69, 9.17) is 22.1 Å². The van der Waals surface area contributed by atoms with Crippen LogP contribution in [0.4, 0.5) is 19.0 Å². The third-order valence-electron chi connectivity index (χ3n) is 5.47. The molecule has 32 heavy (non-hydrogen) atoms. The number of anilines is 1. The van der Waals surface area contributed by atoms with Gasteiger partial charge in [-0.15, -0.1) is 0 Å². The predicted molar refractivity (Wildman–Crippen MR) is 112 cm³/mol. The van der Waals surface area contributed by atoms with Gasteiger partial charge in [-0.25, -0.2) is 13.1 Å². The highest BCUT2D eigenvalue weighted by Gasteiger charge is 2.61. The summed E-state index contributed by atoms with van der Waals surface area (Å²) in [6.45, 7) is 0. The van der Waals surface area contributed by atoms with Crippen molar-refractivity contribution in [2.75, 3.05) is 12.8 Å². The number of nitrogen functional groups attached to an aromatic ring is 1. The number of rotatable bonds is 5. The predicted octanol–water partition coefficient (Wildman–Crippen LogP) is 3.21. The molecule has 8 nitrogen and oxygen atoms in total. The zero-order chi connectivity index (χ0) is 23.5. The maximum Gasteiger partial charge on any atom is 0.417 e. The lowest BCUT2D eigenvalue weighted by atomic mass is 9.76. The molecule has 1 heterocycles. The molecule has 0 amide bonds. The maximum atomic E-state index is 12.8. The van der Waals surface area contributed by atoms with E-state index in [-0.39, 0.29) is 15.7 Å². The number of aromatic amines is 1. The van der Waals surface area contributed by atoms with Crippen LogP contribution in [-0.4, -0.2) is 48.7 Å². The second kappa shape index (κ2) is 7.51. The lowest BCUT2D eigenvalue weighted by molar-refractivity contribution is -0.290. The van der Waals surface area contributed by atoms with Gasteiger partial charge in [0.05, 0.1) is 22.9 Å². The fourth-order valence-corrected chi connectivity index (χ4v) is 5.38. The number of alkyl halides is 3. The fourth-order valence-electron chi connectivity index (χ4n) is 3.77. The molecule has 0 atom stereocenters. The molecule has 4 rings (SSSR count). The Hall–Kier alpha value is -2.54. The summed E-state index contributed by atoms with van der Waals surface area (Å²) in [5.41, 5.74) is 4.66. The number of nitrogens with one attached hydrogen (secondary N) is 2. The molecule has 0 unspecified atom stereocenters. The van der Waals surface area contributed by atoms with E-state index in [9.17, 15) is 26.7 Å². The van der Waals surface area contributed by atoms with Crippen LogP contribution in [-0.2, 0) is 10.0 Å². The average Bonchev–Trinajstić information content (AvgIpc) is 3.06. The average molecular weight is 491 g/mol. The fraction of sp³-hybridized carbons (Fsp3) is 0.316. The number of halogens is 4. The van der Waals surface area contributed by atoms with Crippen molar-refractivity contribution in [3.63, 3.8) is 0 Å². The molecule has 1 aromatic heterocycles. The normalized spacial score (nSPS) is 21.5. The van der Waals surface area contributed by atoms with Crippen LogP contribution in [0.25, 0.3) is 22.0 Å². The molecule has 1 aliphatic carbocycles. The third-order valence-corrected chi connectivity index (χ3v) is 7.30. The minimum atomic E-state index is -4.82.